The Morgan fingerprint density at radius 2 is 1.78 bits per heavy atom. The quantitative estimate of drug-likeness (QED) is 0.615. The molecule has 1 fully saturated rings. The van der Waals surface area contributed by atoms with Crippen LogP contribution in [0.2, 0.25) is 0 Å². The number of nitrogens with zero attached hydrogens (tertiary/aromatic N) is 2. The lowest BCUT2D eigenvalue weighted by Crippen LogP contribution is -2.48. The molecule has 0 unspecified atom stereocenters. The molecule has 1 heterocycles. The third-order valence-electron chi connectivity index (χ3n) is 4.95. The topological polar surface area (TPSA) is 117 Å². The van der Waals surface area contributed by atoms with E-state index < -0.39 is 41.9 Å². The van der Waals surface area contributed by atoms with Crippen LogP contribution in [0.4, 0.5) is 0 Å². The number of esters is 1. The first-order chi connectivity index (χ1) is 12.9. The zero-order valence-corrected chi connectivity index (χ0v) is 14.9. The van der Waals surface area contributed by atoms with Crippen molar-refractivity contribution >= 4 is 23.7 Å². The molecule has 1 N–H and O–H groups in total. The molecular formula is C19H19N3O5. The molecule has 140 valence electrons. The van der Waals surface area contributed by atoms with E-state index in [1.165, 1.54) is 19.1 Å². The minimum Gasteiger partial charge on any atom is -0.454 e. The predicted octanol–water partition coefficient (Wildman–Crippen LogP) is 1.17. The Morgan fingerprint density at radius 1 is 1.22 bits per heavy atom. The summed E-state index contributed by atoms with van der Waals surface area (Å²) in [5, 5.41) is 11.9. The lowest BCUT2D eigenvalue weighted by atomic mass is 10.00. The van der Waals surface area contributed by atoms with Crippen LogP contribution < -0.4 is 5.32 Å². The maximum Gasteiger partial charge on any atom is 0.329 e. The highest BCUT2D eigenvalue weighted by Crippen LogP contribution is 2.29. The van der Waals surface area contributed by atoms with Crippen LogP contribution in [0.1, 0.15) is 53.3 Å². The van der Waals surface area contributed by atoms with Crippen LogP contribution in [-0.4, -0.2) is 46.8 Å². The van der Waals surface area contributed by atoms with Gasteiger partial charge in [-0.1, -0.05) is 12.1 Å². The molecule has 2 aliphatic rings. The van der Waals surface area contributed by atoms with Gasteiger partial charge in [-0.2, -0.15) is 5.26 Å². The van der Waals surface area contributed by atoms with Gasteiger partial charge in [0.05, 0.1) is 17.2 Å². The van der Waals surface area contributed by atoms with Gasteiger partial charge >= 0.3 is 5.97 Å². The molecule has 1 aromatic rings. The minimum atomic E-state index is -1.17. The Kier molecular flexibility index (Phi) is 4.95. The van der Waals surface area contributed by atoms with Crippen molar-refractivity contribution in [3.63, 3.8) is 0 Å². The van der Waals surface area contributed by atoms with Crippen LogP contribution in [0.3, 0.4) is 0 Å². The summed E-state index contributed by atoms with van der Waals surface area (Å²) in [4.78, 5) is 49.9. The van der Waals surface area contributed by atoms with Crippen LogP contribution in [0.25, 0.3) is 0 Å². The summed E-state index contributed by atoms with van der Waals surface area (Å²) in [6.45, 7) is 0.797. The normalized spacial score (nSPS) is 18.6. The fraction of sp³-hybridized carbons (Fsp3) is 0.421. The molecule has 1 atom stereocenters. The van der Waals surface area contributed by atoms with Crippen LogP contribution in [-0.2, 0) is 14.3 Å². The van der Waals surface area contributed by atoms with Crippen molar-refractivity contribution < 1.29 is 23.9 Å². The van der Waals surface area contributed by atoms with Gasteiger partial charge in [-0.15, -0.1) is 0 Å². The van der Waals surface area contributed by atoms with Gasteiger partial charge in [0.15, 0.2) is 6.61 Å². The fourth-order valence-electron chi connectivity index (χ4n) is 3.47. The van der Waals surface area contributed by atoms with Crippen LogP contribution in [0.5, 0.6) is 0 Å². The van der Waals surface area contributed by atoms with E-state index in [1.807, 2.05) is 0 Å². The number of amides is 3. The number of benzene rings is 1. The van der Waals surface area contributed by atoms with Crippen molar-refractivity contribution in [2.75, 3.05) is 6.61 Å². The first-order valence-electron chi connectivity index (χ1n) is 8.74. The first-order valence-corrected chi connectivity index (χ1v) is 8.74. The number of hydrogen-bond donors (Lipinski definition) is 1. The molecule has 0 spiro atoms. The second-order valence-corrected chi connectivity index (χ2v) is 6.76. The molecule has 27 heavy (non-hydrogen) atoms. The molecule has 1 aliphatic carbocycles. The molecule has 3 rings (SSSR count). The summed E-state index contributed by atoms with van der Waals surface area (Å²) >= 11 is 0. The summed E-state index contributed by atoms with van der Waals surface area (Å²) in [7, 11) is 0. The SMILES string of the molecule is C[C@@H](C(=O)OCC(=O)NC1(C#N)CCCC1)N1C(=O)c2ccccc2C1=O. The van der Waals surface area contributed by atoms with Crippen molar-refractivity contribution in [1.82, 2.24) is 10.2 Å². The number of nitriles is 1. The molecule has 1 saturated carbocycles. The van der Waals surface area contributed by atoms with Crippen molar-refractivity contribution in [2.45, 2.75) is 44.2 Å². The number of rotatable bonds is 5. The average molecular weight is 369 g/mol. The molecular weight excluding hydrogens is 350 g/mol. The van der Waals surface area contributed by atoms with Crippen LogP contribution in [0, 0.1) is 11.3 Å². The third-order valence-corrected chi connectivity index (χ3v) is 4.95. The van der Waals surface area contributed by atoms with Gasteiger partial charge in [-0.05, 0) is 44.7 Å². The number of imide groups is 1. The van der Waals surface area contributed by atoms with E-state index >= 15 is 0 Å². The van der Waals surface area contributed by atoms with E-state index in [9.17, 15) is 24.4 Å². The van der Waals surface area contributed by atoms with Gasteiger partial charge in [0.2, 0.25) is 0 Å². The van der Waals surface area contributed by atoms with Crippen molar-refractivity contribution in [3.05, 3.63) is 35.4 Å². The molecule has 8 heteroatoms. The maximum atomic E-state index is 12.4. The molecule has 1 aliphatic heterocycles. The lowest BCUT2D eigenvalue weighted by molar-refractivity contribution is -0.152. The standard InChI is InChI=1S/C19H19N3O5/c1-12(22-16(24)13-6-2-3-7-14(13)17(22)25)18(26)27-10-15(23)21-19(11-20)8-4-5-9-19/h2-3,6-7,12H,4-5,8-10H2,1H3,(H,21,23)/t12-/m0/s1. The van der Waals surface area contributed by atoms with Gasteiger partial charge in [-0.3, -0.25) is 19.3 Å². The Bertz CT molecular complexity index is 816. The zero-order chi connectivity index (χ0) is 19.6. The van der Waals surface area contributed by atoms with E-state index in [0.717, 1.165) is 17.7 Å². The maximum absolute atomic E-state index is 12.4. The van der Waals surface area contributed by atoms with E-state index in [1.54, 1.807) is 12.1 Å². The van der Waals surface area contributed by atoms with Crippen LogP contribution in [0.15, 0.2) is 24.3 Å². The summed E-state index contributed by atoms with van der Waals surface area (Å²) in [5.41, 5.74) is -0.438. The number of nitrogens with one attached hydrogen (secondary N) is 1. The second-order valence-electron chi connectivity index (χ2n) is 6.76. The Balaban J connectivity index is 1.59. The van der Waals surface area contributed by atoms with Gasteiger partial charge in [0.1, 0.15) is 11.6 Å². The Morgan fingerprint density at radius 3 is 2.30 bits per heavy atom. The summed E-state index contributed by atoms with van der Waals surface area (Å²) in [6, 6.07) is 7.25. The van der Waals surface area contributed by atoms with E-state index in [4.69, 9.17) is 4.74 Å². The highest BCUT2D eigenvalue weighted by Gasteiger charge is 2.41. The molecule has 1 aromatic carbocycles. The van der Waals surface area contributed by atoms with E-state index in [0.29, 0.717) is 12.8 Å². The van der Waals surface area contributed by atoms with Gasteiger partial charge in [0, 0.05) is 0 Å². The number of fused-ring (bicyclic) bond motifs is 1. The Labute approximate surface area is 156 Å². The highest BCUT2D eigenvalue weighted by atomic mass is 16.5. The smallest absolute Gasteiger partial charge is 0.329 e. The first kappa shape index (κ1) is 18.6. The average Bonchev–Trinajstić information content (AvgIpc) is 3.23. The summed E-state index contributed by atoms with van der Waals surface area (Å²) in [6.07, 6.45) is 2.83. The predicted molar refractivity (Wildman–Crippen MR) is 92.3 cm³/mol. The van der Waals surface area contributed by atoms with E-state index in [2.05, 4.69) is 11.4 Å². The van der Waals surface area contributed by atoms with Crippen molar-refractivity contribution in [3.8, 4) is 6.07 Å². The summed E-state index contributed by atoms with van der Waals surface area (Å²) in [5.74, 6) is -2.59. The monoisotopic (exact) mass is 369 g/mol. The molecule has 0 saturated heterocycles. The molecule has 0 aromatic heterocycles. The van der Waals surface area contributed by atoms with Gasteiger partial charge < -0.3 is 10.1 Å². The zero-order valence-electron chi connectivity index (χ0n) is 14.9. The van der Waals surface area contributed by atoms with E-state index in [-0.39, 0.29) is 11.1 Å². The number of carbonyl (C=O) groups is 4. The highest BCUT2D eigenvalue weighted by molar-refractivity contribution is 6.22. The molecule has 0 radical (unpaired) electrons. The van der Waals surface area contributed by atoms with Gasteiger partial charge in [-0.25, -0.2) is 4.79 Å². The largest absolute Gasteiger partial charge is 0.454 e. The third kappa shape index (κ3) is 3.40. The number of ether oxygens (including phenoxy) is 1. The molecule has 0 bridgehead atoms. The lowest BCUT2D eigenvalue weighted by Gasteiger charge is -2.23. The summed E-state index contributed by atoms with van der Waals surface area (Å²) < 4.78 is 4.97. The molecule has 3 amide bonds. The molecule has 8 nitrogen and oxygen atoms in total. The van der Waals surface area contributed by atoms with Crippen molar-refractivity contribution in [1.29, 1.82) is 5.26 Å². The minimum absolute atomic E-state index is 0.233. The van der Waals surface area contributed by atoms with Gasteiger partial charge in [0.25, 0.3) is 17.7 Å². The van der Waals surface area contributed by atoms with Crippen LogP contribution >= 0.6 is 0 Å². The number of carbonyl (C=O) groups excluding carboxylic acids is 4. The second kappa shape index (κ2) is 7.19. The van der Waals surface area contributed by atoms with Crippen molar-refractivity contribution in [2.24, 2.45) is 0 Å². The number of hydrogen-bond acceptors (Lipinski definition) is 6. The fourth-order valence-corrected chi connectivity index (χ4v) is 3.47. The Hall–Kier alpha value is -3.21.